The molecule has 256 valence electrons. The Morgan fingerprint density at radius 2 is 1.64 bits per heavy atom. The first-order chi connectivity index (χ1) is 21.6. The van der Waals surface area contributed by atoms with E-state index in [4.69, 9.17) is 14.2 Å². The van der Waals surface area contributed by atoms with Gasteiger partial charge in [0.25, 0.3) is 5.91 Å². The molecule has 2 amide bonds. The average molecular weight is 641 g/mol. The largest absolute Gasteiger partial charge is 0.506 e. The van der Waals surface area contributed by atoms with Gasteiger partial charge in [0.15, 0.2) is 11.5 Å². The summed E-state index contributed by atoms with van der Waals surface area (Å²) in [5, 5.41) is 65.5. The third-order valence-corrected chi connectivity index (χ3v) is 7.78. The van der Waals surface area contributed by atoms with E-state index >= 15 is 0 Å². The Kier molecular flexibility index (Phi) is 17.8. The summed E-state index contributed by atoms with van der Waals surface area (Å²) in [5.74, 6) is -0.853. The number of carbonyl (C=O) groups excluding carboxylic acids is 2. The number of carbonyl (C=O) groups is 2. The third-order valence-electron chi connectivity index (χ3n) is 7.78. The van der Waals surface area contributed by atoms with Crippen LogP contribution in [0.1, 0.15) is 87.9 Å². The number of nitrogens with one attached hydrogen (secondary N) is 2. The molecule has 45 heavy (non-hydrogen) atoms. The molecule has 6 atom stereocenters. The molecule has 0 saturated heterocycles. The minimum Gasteiger partial charge on any atom is -0.506 e. The van der Waals surface area contributed by atoms with E-state index in [0.717, 1.165) is 51.4 Å². The number of rotatable bonds is 22. The summed E-state index contributed by atoms with van der Waals surface area (Å²) in [7, 11) is 1.57. The third kappa shape index (κ3) is 13.1. The summed E-state index contributed by atoms with van der Waals surface area (Å²) in [6.45, 7) is 1.20. The first kappa shape index (κ1) is 38.2. The second kappa shape index (κ2) is 21.0. The van der Waals surface area contributed by atoms with Gasteiger partial charge in [-0.2, -0.15) is 0 Å². The van der Waals surface area contributed by atoms with Crippen molar-refractivity contribution in [3.63, 3.8) is 0 Å². The summed E-state index contributed by atoms with van der Waals surface area (Å²) in [5.41, 5.74) is 0.582. The number of unbranched alkanes of at least 4 members (excludes halogenated alkanes) is 8. The number of methoxy groups -OCH3 is 1. The van der Waals surface area contributed by atoms with Crippen LogP contribution in [-0.2, 0) is 14.3 Å². The molecule has 1 aliphatic heterocycles. The number of aliphatic hydroxyl groups is 6. The van der Waals surface area contributed by atoms with Crippen molar-refractivity contribution < 1.29 is 54.4 Å². The van der Waals surface area contributed by atoms with E-state index < -0.39 is 49.1 Å². The molecular formula is C32H52N2O11. The van der Waals surface area contributed by atoms with Gasteiger partial charge in [0, 0.05) is 18.5 Å². The van der Waals surface area contributed by atoms with Crippen LogP contribution in [0.15, 0.2) is 35.8 Å². The number of benzene rings is 1. The van der Waals surface area contributed by atoms with Crippen LogP contribution in [0.2, 0.25) is 0 Å². The van der Waals surface area contributed by atoms with Crippen molar-refractivity contribution in [2.75, 3.05) is 26.9 Å². The van der Waals surface area contributed by atoms with Crippen molar-refractivity contribution in [1.82, 2.24) is 10.6 Å². The van der Waals surface area contributed by atoms with E-state index in [1.54, 1.807) is 38.3 Å². The zero-order valence-corrected chi connectivity index (χ0v) is 26.4. The SMILES string of the molecule is CC[C@@H](O)[C@@H](O)[C@H](CO[C@H]1OC(CO)=C(O)C(O)C1O)NC(=O)CCCCCCCCCCCNC(=O)c1cccc(OC)c1. The number of hydrogen-bond acceptors (Lipinski definition) is 11. The molecule has 0 spiro atoms. The maximum absolute atomic E-state index is 12.6. The smallest absolute Gasteiger partial charge is 0.251 e. The number of hydrogen-bond donors (Lipinski definition) is 8. The first-order valence-electron chi connectivity index (χ1n) is 15.9. The molecular weight excluding hydrogens is 588 g/mol. The Hall–Kier alpha value is -2.94. The van der Waals surface area contributed by atoms with E-state index in [1.165, 1.54) is 0 Å². The average Bonchev–Trinajstić information content (AvgIpc) is 3.05. The van der Waals surface area contributed by atoms with Crippen molar-refractivity contribution in [2.45, 2.75) is 114 Å². The standard InChI is InChI=1S/C32H52N2O11/c1-3-24(36)27(38)23(20-44-32-30(41)29(40)28(39)25(19-35)45-32)34-26(37)16-11-9-7-5-4-6-8-10-12-17-33-31(42)21-14-13-15-22(18-21)43-2/h13-15,18,23-24,27,29-30,32,35-36,38-41H,3-12,16-17,19-20H2,1-2H3,(H,33,42)(H,34,37)/t23-,24+,27-,29?,30?,32-/m0/s1. The number of aliphatic hydroxyl groups excluding tert-OH is 6. The zero-order valence-electron chi connectivity index (χ0n) is 26.4. The van der Waals surface area contributed by atoms with Crippen LogP contribution in [0.3, 0.4) is 0 Å². The van der Waals surface area contributed by atoms with Crippen molar-refractivity contribution in [3.05, 3.63) is 41.3 Å². The van der Waals surface area contributed by atoms with Gasteiger partial charge in [-0.25, -0.2) is 0 Å². The highest BCUT2D eigenvalue weighted by molar-refractivity contribution is 5.94. The highest BCUT2D eigenvalue weighted by atomic mass is 16.7. The summed E-state index contributed by atoms with van der Waals surface area (Å²) in [6.07, 6.45) is 1.85. The summed E-state index contributed by atoms with van der Waals surface area (Å²) >= 11 is 0. The van der Waals surface area contributed by atoms with Gasteiger partial charge in [-0.3, -0.25) is 9.59 Å². The molecule has 2 rings (SSSR count). The monoisotopic (exact) mass is 640 g/mol. The second-order valence-electron chi connectivity index (χ2n) is 11.3. The molecule has 1 aromatic rings. The van der Waals surface area contributed by atoms with Gasteiger partial charge in [-0.05, 0) is 37.5 Å². The normalized spacial score (nSPS) is 20.2. The lowest BCUT2D eigenvalue weighted by Gasteiger charge is -2.34. The van der Waals surface area contributed by atoms with Crippen LogP contribution in [0.5, 0.6) is 5.75 Å². The Balaban J connectivity index is 1.59. The lowest BCUT2D eigenvalue weighted by molar-refractivity contribution is -0.221. The number of ether oxygens (including phenoxy) is 3. The first-order valence-corrected chi connectivity index (χ1v) is 15.9. The minimum absolute atomic E-state index is 0.104. The lowest BCUT2D eigenvalue weighted by atomic mass is 10.0. The molecule has 13 heteroatoms. The van der Waals surface area contributed by atoms with Crippen LogP contribution in [0.4, 0.5) is 0 Å². The molecule has 8 N–H and O–H groups in total. The fourth-order valence-electron chi connectivity index (χ4n) is 4.93. The maximum Gasteiger partial charge on any atom is 0.251 e. The lowest BCUT2D eigenvalue weighted by Crippen LogP contribution is -2.53. The highest BCUT2D eigenvalue weighted by Gasteiger charge is 2.40. The van der Waals surface area contributed by atoms with E-state index in [2.05, 4.69) is 10.6 Å². The Morgan fingerprint density at radius 1 is 1.00 bits per heavy atom. The van der Waals surface area contributed by atoms with Crippen molar-refractivity contribution in [1.29, 1.82) is 0 Å². The summed E-state index contributed by atoms with van der Waals surface area (Å²) < 4.78 is 15.8. The maximum atomic E-state index is 12.6. The summed E-state index contributed by atoms with van der Waals surface area (Å²) in [6, 6.07) is 6.03. The molecule has 0 saturated carbocycles. The van der Waals surface area contributed by atoms with Crippen molar-refractivity contribution >= 4 is 11.8 Å². The predicted octanol–water partition coefficient (Wildman–Crippen LogP) is 1.80. The molecule has 1 aromatic carbocycles. The quantitative estimate of drug-likeness (QED) is 0.0858. The molecule has 0 aliphatic carbocycles. The van der Waals surface area contributed by atoms with Crippen LogP contribution in [0, 0.1) is 0 Å². The van der Waals surface area contributed by atoms with Crippen molar-refractivity contribution in [2.24, 2.45) is 0 Å². The fraction of sp³-hybridized carbons (Fsp3) is 0.688. The van der Waals surface area contributed by atoms with Gasteiger partial charge in [0.05, 0.1) is 25.9 Å². The topological polar surface area (TPSA) is 207 Å². The van der Waals surface area contributed by atoms with E-state index in [9.17, 15) is 40.2 Å². The van der Waals surface area contributed by atoms with E-state index in [1.807, 2.05) is 0 Å². The Labute approximate surface area is 265 Å². The van der Waals surface area contributed by atoms with E-state index in [0.29, 0.717) is 24.3 Å². The molecule has 1 heterocycles. The van der Waals surface area contributed by atoms with Crippen LogP contribution < -0.4 is 15.4 Å². The van der Waals surface area contributed by atoms with Crippen molar-refractivity contribution in [3.8, 4) is 5.75 Å². The summed E-state index contributed by atoms with van der Waals surface area (Å²) in [4.78, 5) is 24.8. The van der Waals surface area contributed by atoms with Crippen LogP contribution in [-0.4, -0.2) is 106 Å². The van der Waals surface area contributed by atoms with Crippen LogP contribution >= 0.6 is 0 Å². The van der Waals surface area contributed by atoms with E-state index in [-0.39, 0.29) is 37.0 Å². The predicted molar refractivity (Wildman–Crippen MR) is 165 cm³/mol. The zero-order chi connectivity index (χ0) is 33.2. The van der Waals surface area contributed by atoms with Gasteiger partial charge < -0.3 is 55.5 Å². The van der Waals surface area contributed by atoms with Gasteiger partial charge in [-0.1, -0.05) is 57.9 Å². The fourth-order valence-corrected chi connectivity index (χ4v) is 4.93. The molecule has 0 radical (unpaired) electrons. The van der Waals surface area contributed by atoms with Gasteiger partial charge in [-0.15, -0.1) is 0 Å². The van der Waals surface area contributed by atoms with Gasteiger partial charge >= 0.3 is 0 Å². The molecule has 0 fully saturated rings. The molecule has 2 unspecified atom stereocenters. The highest BCUT2D eigenvalue weighted by Crippen LogP contribution is 2.24. The second-order valence-corrected chi connectivity index (χ2v) is 11.3. The van der Waals surface area contributed by atoms with Gasteiger partial charge in [0.2, 0.25) is 12.2 Å². The minimum atomic E-state index is -1.74. The Bertz CT molecular complexity index is 1050. The van der Waals surface area contributed by atoms with Crippen LogP contribution in [0.25, 0.3) is 0 Å². The van der Waals surface area contributed by atoms with Gasteiger partial charge in [0.1, 0.15) is 30.7 Å². The number of amides is 2. The molecule has 0 bridgehead atoms. The molecule has 0 aromatic heterocycles. The Morgan fingerprint density at radius 3 is 2.27 bits per heavy atom. The molecule has 13 nitrogen and oxygen atoms in total. The molecule has 1 aliphatic rings.